The van der Waals surface area contributed by atoms with Gasteiger partial charge in [0, 0.05) is 0 Å². The topological polar surface area (TPSA) is 0 Å². The molecule has 1 aromatic rings. The molecule has 0 aliphatic carbocycles. The smallest absolute Gasteiger partial charge is 0.163 e. The zero-order valence-corrected chi connectivity index (χ0v) is 8.72. The Kier molecular flexibility index (Phi) is 4.12. The third-order valence-corrected chi connectivity index (χ3v) is 3.92. The van der Waals surface area contributed by atoms with Crippen molar-refractivity contribution < 1.29 is 0 Å². The van der Waals surface area contributed by atoms with Gasteiger partial charge in [0.15, 0.2) is 8.11 Å². The third-order valence-electron chi connectivity index (χ3n) is 1.72. The summed E-state index contributed by atoms with van der Waals surface area (Å²) < 4.78 is 0. The number of hydrogen-bond acceptors (Lipinski definition) is 0. The molecule has 0 nitrogen and oxygen atoms in total. The van der Waals surface area contributed by atoms with Gasteiger partial charge in [-0.2, -0.15) is 11.1 Å². The minimum Gasteiger partial charge on any atom is -0.163 e. The van der Waals surface area contributed by atoms with E-state index in [1.165, 1.54) is 5.56 Å². The molecular weight excluding hydrogens is 184 g/mol. The predicted octanol–water partition coefficient (Wildman–Crippen LogP) is 3.18. The highest BCUT2D eigenvalue weighted by Gasteiger charge is 2.01. The second kappa shape index (κ2) is 5.17. The second-order valence-electron chi connectivity index (χ2n) is 2.64. The first kappa shape index (κ1) is 9.55. The monoisotopic (exact) mass is 195 g/mol. The van der Waals surface area contributed by atoms with Crippen molar-refractivity contribution in [2.45, 2.75) is 12.5 Å². The van der Waals surface area contributed by atoms with Gasteiger partial charge in [-0.05, 0) is 18.0 Å². The Hall–Kier alpha value is -0.533. The van der Waals surface area contributed by atoms with Gasteiger partial charge in [-0.25, -0.2) is 0 Å². The minimum atomic E-state index is -0.790. The maximum atomic E-state index is 6.00. The van der Waals surface area contributed by atoms with Gasteiger partial charge in [-0.15, -0.1) is 6.58 Å². The highest BCUT2D eigenvalue weighted by molar-refractivity contribution is 7.09. The molecule has 0 aliphatic rings. The largest absolute Gasteiger partial charge is 0.191 e. The van der Waals surface area contributed by atoms with Gasteiger partial charge in [0.1, 0.15) is 0 Å². The van der Waals surface area contributed by atoms with E-state index in [1.807, 2.05) is 11.8 Å². The van der Waals surface area contributed by atoms with E-state index >= 15 is 0 Å². The minimum absolute atomic E-state index is 0.790. The highest BCUT2D eigenvalue weighted by Crippen LogP contribution is 2.07. The molecule has 1 radical (unpaired) electrons. The van der Waals surface area contributed by atoms with Crippen molar-refractivity contribution in [3.63, 3.8) is 0 Å². The van der Waals surface area contributed by atoms with Crippen molar-refractivity contribution in [2.24, 2.45) is 0 Å². The van der Waals surface area contributed by atoms with E-state index in [1.54, 1.807) is 0 Å². The molecule has 0 amide bonds. The van der Waals surface area contributed by atoms with Crippen LogP contribution >= 0.6 is 11.1 Å². The van der Waals surface area contributed by atoms with Crippen LogP contribution in [0, 0.1) is 0 Å². The van der Waals surface area contributed by atoms with E-state index in [-0.39, 0.29) is 0 Å². The molecule has 0 aliphatic heterocycles. The Bertz CT molecular complexity index is 233. The molecule has 1 aromatic carbocycles. The van der Waals surface area contributed by atoms with Crippen LogP contribution in [0.3, 0.4) is 0 Å². The van der Waals surface area contributed by atoms with Crippen LogP contribution in [0.4, 0.5) is 0 Å². The first-order valence-corrected chi connectivity index (χ1v) is 6.80. The Morgan fingerprint density at radius 1 is 1.33 bits per heavy atom. The summed E-state index contributed by atoms with van der Waals surface area (Å²) in [6, 6.07) is 11.5. The molecule has 2 heteroatoms. The molecule has 0 unspecified atom stereocenters. The first-order valence-electron chi connectivity index (χ1n) is 4.00. The molecule has 0 fully saturated rings. The van der Waals surface area contributed by atoms with Gasteiger partial charge < -0.3 is 0 Å². The summed E-state index contributed by atoms with van der Waals surface area (Å²) in [5, 5.41) is 0. The third kappa shape index (κ3) is 3.24. The zero-order chi connectivity index (χ0) is 8.81. The molecule has 0 N–H and O–H groups in total. The Morgan fingerprint density at radius 2 is 2.00 bits per heavy atom. The van der Waals surface area contributed by atoms with Crippen molar-refractivity contribution in [3.05, 3.63) is 48.2 Å². The average molecular weight is 196 g/mol. The van der Waals surface area contributed by atoms with Gasteiger partial charge in [0.2, 0.25) is 0 Å². The van der Waals surface area contributed by atoms with E-state index in [9.17, 15) is 0 Å². The lowest BCUT2D eigenvalue weighted by atomic mass is 10.2. The van der Waals surface area contributed by atoms with Gasteiger partial charge in [0.05, 0.1) is 0 Å². The van der Waals surface area contributed by atoms with Crippen molar-refractivity contribution in [1.82, 2.24) is 0 Å². The van der Waals surface area contributed by atoms with E-state index in [4.69, 9.17) is 11.1 Å². The molecule has 0 atom stereocenters. The van der Waals surface area contributed by atoms with Crippen molar-refractivity contribution >= 4 is 19.2 Å². The zero-order valence-electron chi connectivity index (χ0n) is 6.96. The molecule has 12 heavy (non-hydrogen) atoms. The maximum absolute atomic E-state index is 6.00. The van der Waals surface area contributed by atoms with E-state index in [0.717, 1.165) is 12.5 Å². The SMILES string of the molecule is C=C[Si](Cl)CCc1ccccc1. The van der Waals surface area contributed by atoms with Crippen molar-refractivity contribution in [3.8, 4) is 0 Å². The maximum Gasteiger partial charge on any atom is 0.191 e. The van der Waals surface area contributed by atoms with E-state index < -0.39 is 8.11 Å². The summed E-state index contributed by atoms with van der Waals surface area (Å²) in [6.07, 6.45) is 1.07. The fourth-order valence-electron chi connectivity index (χ4n) is 1.01. The lowest BCUT2D eigenvalue weighted by Crippen LogP contribution is -2.00. The van der Waals surface area contributed by atoms with Crippen molar-refractivity contribution in [1.29, 1.82) is 0 Å². The molecule has 0 bridgehead atoms. The van der Waals surface area contributed by atoms with Crippen LogP contribution < -0.4 is 0 Å². The number of halogens is 1. The Balaban J connectivity index is 2.38. The highest BCUT2D eigenvalue weighted by atomic mass is 35.6. The number of hydrogen-bond donors (Lipinski definition) is 0. The van der Waals surface area contributed by atoms with Crippen LogP contribution in [0.2, 0.25) is 6.04 Å². The van der Waals surface area contributed by atoms with Gasteiger partial charge in [-0.3, -0.25) is 0 Å². The summed E-state index contributed by atoms with van der Waals surface area (Å²) in [4.78, 5) is 0. The van der Waals surface area contributed by atoms with Crippen LogP contribution in [0.25, 0.3) is 0 Å². The van der Waals surface area contributed by atoms with Crippen LogP contribution in [0.1, 0.15) is 5.56 Å². The molecule has 0 heterocycles. The molecule has 0 aromatic heterocycles. The van der Waals surface area contributed by atoms with Crippen LogP contribution in [-0.2, 0) is 6.42 Å². The predicted molar refractivity (Wildman–Crippen MR) is 56.8 cm³/mol. The van der Waals surface area contributed by atoms with Crippen LogP contribution in [-0.4, -0.2) is 8.11 Å². The molecule has 1 rings (SSSR count). The summed E-state index contributed by atoms with van der Waals surface area (Å²) >= 11 is 6.00. The second-order valence-corrected chi connectivity index (χ2v) is 5.89. The average Bonchev–Trinajstić information content (AvgIpc) is 2.16. The van der Waals surface area contributed by atoms with Gasteiger partial charge >= 0.3 is 0 Å². The Labute approximate surface area is 80.2 Å². The van der Waals surface area contributed by atoms with E-state index in [2.05, 4.69) is 30.8 Å². The lowest BCUT2D eigenvalue weighted by Gasteiger charge is -2.00. The van der Waals surface area contributed by atoms with Gasteiger partial charge in [-0.1, -0.05) is 36.0 Å². The molecule has 63 valence electrons. The molecule has 0 saturated carbocycles. The van der Waals surface area contributed by atoms with Crippen LogP contribution in [0.15, 0.2) is 42.6 Å². The summed E-state index contributed by atoms with van der Waals surface area (Å²) in [5.74, 6) is 0. The van der Waals surface area contributed by atoms with Crippen LogP contribution in [0.5, 0.6) is 0 Å². The van der Waals surface area contributed by atoms with E-state index in [0.29, 0.717) is 0 Å². The standard InChI is InChI=1S/C10H12ClSi/c1-2-12(11)9-8-10-6-4-3-5-7-10/h2-7H,1,8-9H2. The summed E-state index contributed by atoms with van der Waals surface area (Å²) in [7, 11) is -0.790. The number of benzene rings is 1. The quantitative estimate of drug-likeness (QED) is 0.512. The lowest BCUT2D eigenvalue weighted by molar-refractivity contribution is 1.12. The van der Waals surface area contributed by atoms with Crippen molar-refractivity contribution in [2.75, 3.05) is 0 Å². The number of rotatable bonds is 4. The first-order chi connectivity index (χ1) is 5.83. The summed E-state index contributed by atoms with van der Waals surface area (Å²) in [6.45, 7) is 3.69. The van der Waals surface area contributed by atoms with Gasteiger partial charge in [0.25, 0.3) is 0 Å². The fraction of sp³-hybridized carbons (Fsp3) is 0.200. The summed E-state index contributed by atoms with van der Waals surface area (Å²) in [5.41, 5.74) is 3.25. The molecular formula is C10H12ClSi. The molecule has 0 spiro atoms. The molecule has 0 saturated heterocycles. The number of aryl methyl sites for hydroxylation is 1. The normalized spacial score (nSPS) is 10.2. The fourth-order valence-corrected chi connectivity index (χ4v) is 2.03. The Morgan fingerprint density at radius 3 is 2.58 bits per heavy atom.